The molecule has 0 spiro atoms. The predicted molar refractivity (Wildman–Crippen MR) is 73.6 cm³/mol. The summed E-state index contributed by atoms with van der Waals surface area (Å²) in [6.45, 7) is 9.21. The highest BCUT2D eigenvalue weighted by atomic mass is 16.2. The third-order valence-corrected chi connectivity index (χ3v) is 3.98. The summed E-state index contributed by atoms with van der Waals surface area (Å²) in [5.41, 5.74) is 0. The van der Waals surface area contributed by atoms with E-state index in [2.05, 4.69) is 24.1 Å². The number of nitrogens with zero attached hydrogens (tertiary/aromatic N) is 2. The molecule has 4 nitrogen and oxygen atoms in total. The van der Waals surface area contributed by atoms with Crippen LogP contribution in [0.25, 0.3) is 0 Å². The molecular formula is C14H27N3O. The van der Waals surface area contributed by atoms with Crippen molar-refractivity contribution in [3.8, 4) is 0 Å². The number of carbonyl (C=O) groups is 1. The van der Waals surface area contributed by atoms with Gasteiger partial charge in [-0.2, -0.15) is 0 Å². The van der Waals surface area contributed by atoms with E-state index in [0.717, 1.165) is 39.1 Å². The van der Waals surface area contributed by atoms with Gasteiger partial charge in [0.05, 0.1) is 0 Å². The second-order valence-electron chi connectivity index (χ2n) is 5.99. The van der Waals surface area contributed by atoms with Gasteiger partial charge in [0, 0.05) is 32.2 Å². The molecule has 2 aliphatic rings. The number of piperidine rings is 1. The maximum Gasteiger partial charge on any atom is 0.320 e. The fraction of sp³-hybridized carbons (Fsp3) is 0.929. The molecule has 2 saturated heterocycles. The van der Waals surface area contributed by atoms with E-state index in [1.54, 1.807) is 0 Å². The lowest BCUT2D eigenvalue weighted by Gasteiger charge is -2.35. The van der Waals surface area contributed by atoms with Gasteiger partial charge in [-0.3, -0.25) is 0 Å². The summed E-state index contributed by atoms with van der Waals surface area (Å²) in [6.07, 6.45) is 4.77. The zero-order valence-corrected chi connectivity index (χ0v) is 11.8. The zero-order valence-electron chi connectivity index (χ0n) is 11.8. The Bertz CT molecular complexity index is 274. The average molecular weight is 253 g/mol. The lowest BCUT2D eigenvalue weighted by atomic mass is 9.98. The molecule has 4 heteroatoms. The van der Waals surface area contributed by atoms with Crippen molar-refractivity contribution >= 4 is 6.03 Å². The summed E-state index contributed by atoms with van der Waals surface area (Å²) < 4.78 is 0. The molecule has 0 aromatic heterocycles. The summed E-state index contributed by atoms with van der Waals surface area (Å²) in [7, 11) is 0. The Kier molecular flexibility index (Phi) is 4.87. The lowest BCUT2D eigenvalue weighted by Crippen LogP contribution is -2.48. The maximum atomic E-state index is 12.3. The van der Waals surface area contributed by atoms with Crippen molar-refractivity contribution in [2.75, 3.05) is 32.7 Å². The Balaban J connectivity index is 1.80. The summed E-state index contributed by atoms with van der Waals surface area (Å²) in [4.78, 5) is 16.4. The standard InChI is InChI=1S/C14H27N3O/c1-12(2)15-10-13-6-5-9-17(11-13)14(18)16-7-3-4-8-16/h12-13,15H,3-11H2,1-2H3. The number of amides is 2. The van der Waals surface area contributed by atoms with Crippen LogP contribution in [0.3, 0.4) is 0 Å². The number of rotatable bonds is 3. The van der Waals surface area contributed by atoms with Crippen molar-refractivity contribution < 1.29 is 4.79 Å². The van der Waals surface area contributed by atoms with E-state index in [4.69, 9.17) is 0 Å². The first-order valence-electron chi connectivity index (χ1n) is 7.44. The topological polar surface area (TPSA) is 35.6 Å². The fourth-order valence-corrected chi connectivity index (χ4v) is 2.92. The van der Waals surface area contributed by atoms with Gasteiger partial charge in [0.25, 0.3) is 0 Å². The summed E-state index contributed by atoms with van der Waals surface area (Å²) in [5.74, 6) is 0.632. The quantitative estimate of drug-likeness (QED) is 0.834. The van der Waals surface area contributed by atoms with E-state index in [1.807, 2.05) is 4.90 Å². The maximum absolute atomic E-state index is 12.3. The van der Waals surface area contributed by atoms with Gasteiger partial charge in [0.2, 0.25) is 0 Å². The normalized spacial score (nSPS) is 24.9. The minimum Gasteiger partial charge on any atom is -0.325 e. The Hall–Kier alpha value is -0.770. The largest absolute Gasteiger partial charge is 0.325 e. The van der Waals surface area contributed by atoms with Crippen LogP contribution in [0.15, 0.2) is 0 Å². The van der Waals surface area contributed by atoms with Gasteiger partial charge in [-0.1, -0.05) is 13.8 Å². The minimum atomic E-state index is 0.279. The van der Waals surface area contributed by atoms with Crippen molar-refractivity contribution in [1.82, 2.24) is 15.1 Å². The first kappa shape index (κ1) is 13.7. The fourth-order valence-electron chi connectivity index (χ4n) is 2.92. The molecule has 0 aromatic rings. The monoisotopic (exact) mass is 253 g/mol. The number of hydrogen-bond donors (Lipinski definition) is 1. The van der Waals surface area contributed by atoms with Crippen LogP contribution in [0.1, 0.15) is 39.5 Å². The molecule has 1 atom stereocenters. The summed E-state index contributed by atoms with van der Waals surface area (Å²) in [6, 6.07) is 0.816. The minimum absolute atomic E-state index is 0.279. The van der Waals surface area contributed by atoms with Crippen molar-refractivity contribution in [3.63, 3.8) is 0 Å². The van der Waals surface area contributed by atoms with Crippen LogP contribution in [-0.2, 0) is 0 Å². The van der Waals surface area contributed by atoms with E-state index >= 15 is 0 Å². The smallest absolute Gasteiger partial charge is 0.320 e. The Labute approximate surface area is 111 Å². The highest BCUT2D eigenvalue weighted by molar-refractivity contribution is 5.74. The molecular weight excluding hydrogens is 226 g/mol. The van der Waals surface area contributed by atoms with Gasteiger partial charge in [0.15, 0.2) is 0 Å². The molecule has 1 unspecified atom stereocenters. The Morgan fingerprint density at radius 3 is 2.50 bits per heavy atom. The van der Waals surface area contributed by atoms with Crippen LogP contribution in [-0.4, -0.2) is 54.6 Å². The van der Waals surface area contributed by atoms with Crippen LogP contribution in [0.4, 0.5) is 4.79 Å². The van der Waals surface area contributed by atoms with Crippen LogP contribution in [0.2, 0.25) is 0 Å². The van der Waals surface area contributed by atoms with Crippen molar-refractivity contribution in [3.05, 3.63) is 0 Å². The molecule has 1 N–H and O–H groups in total. The van der Waals surface area contributed by atoms with Crippen LogP contribution in [0.5, 0.6) is 0 Å². The zero-order chi connectivity index (χ0) is 13.0. The van der Waals surface area contributed by atoms with Crippen molar-refractivity contribution in [2.24, 2.45) is 5.92 Å². The number of carbonyl (C=O) groups excluding carboxylic acids is 1. The van der Waals surface area contributed by atoms with Gasteiger partial charge in [-0.25, -0.2) is 4.79 Å². The second kappa shape index (κ2) is 6.41. The SMILES string of the molecule is CC(C)NCC1CCCN(C(=O)N2CCCC2)C1. The van der Waals surface area contributed by atoms with E-state index in [1.165, 1.54) is 19.3 Å². The van der Waals surface area contributed by atoms with Crippen molar-refractivity contribution in [1.29, 1.82) is 0 Å². The first-order chi connectivity index (χ1) is 8.66. The molecule has 104 valence electrons. The molecule has 2 heterocycles. The molecule has 2 fully saturated rings. The highest BCUT2D eigenvalue weighted by Gasteiger charge is 2.28. The van der Waals surface area contributed by atoms with E-state index in [0.29, 0.717) is 12.0 Å². The van der Waals surface area contributed by atoms with Gasteiger partial charge >= 0.3 is 6.03 Å². The molecule has 2 rings (SSSR count). The third kappa shape index (κ3) is 3.61. The number of urea groups is 1. The van der Waals surface area contributed by atoms with E-state index < -0.39 is 0 Å². The number of hydrogen-bond acceptors (Lipinski definition) is 2. The van der Waals surface area contributed by atoms with Crippen LogP contribution in [0, 0.1) is 5.92 Å². The molecule has 0 aliphatic carbocycles. The van der Waals surface area contributed by atoms with Crippen LogP contribution < -0.4 is 5.32 Å². The Morgan fingerprint density at radius 2 is 1.83 bits per heavy atom. The Morgan fingerprint density at radius 1 is 1.17 bits per heavy atom. The second-order valence-corrected chi connectivity index (χ2v) is 5.99. The lowest BCUT2D eigenvalue weighted by molar-refractivity contribution is 0.135. The third-order valence-electron chi connectivity index (χ3n) is 3.98. The van der Waals surface area contributed by atoms with Gasteiger partial charge in [0.1, 0.15) is 0 Å². The van der Waals surface area contributed by atoms with E-state index in [9.17, 15) is 4.79 Å². The molecule has 2 aliphatic heterocycles. The van der Waals surface area contributed by atoms with Gasteiger partial charge in [-0.15, -0.1) is 0 Å². The van der Waals surface area contributed by atoms with Crippen molar-refractivity contribution in [2.45, 2.75) is 45.6 Å². The highest BCUT2D eigenvalue weighted by Crippen LogP contribution is 2.19. The predicted octanol–water partition coefficient (Wildman–Crippen LogP) is 1.91. The van der Waals surface area contributed by atoms with Gasteiger partial charge in [-0.05, 0) is 38.1 Å². The molecule has 2 amide bonds. The molecule has 0 radical (unpaired) electrons. The summed E-state index contributed by atoms with van der Waals surface area (Å²) in [5, 5.41) is 3.49. The molecule has 0 aromatic carbocycles. The van der Waals surface area contributed by atoms with E-state index in [-0.39, 0.29) is 6.03 Å². The molecule has 0 bridgehead atoms. The van der Waals surface area contributed by atoms with Crippen LogP contribution >= 0.6 is 0 Å². The first-order valence-corrected chi connectivity index (χ1v) is 7.44. The molecule has 18 heavy (non-hydrogen) atoms. The van der Waals surface area contributed by atoms with Gasteiger partial charge < -0.3 is 15.1 Å². The number of nitrogens with one attached hydrogen (secondary N) is 1. The molecule has 0 saturated carbocycles. The summed E-state index contributed by atoms with van der Waals surface area (Å²) >= 11 is 0. The number of likely N-dealkylation sites (tertiary alicyclic amines) is 2. The average Bonchev–Trinajstić information content (AvgIpc) is 2.89.